The number of aryl methyl sites for hydroxylation is 1. The molecule has 0 spiro atoms. The van der Waals surface area contributed by atoms with Crippen molar-refractivity contribution in [2.75, 3.05) is 5.73 Å². The number of nitriles is 1. The average molecular weight is 226 g/mol. The van der Waals surface area contributed by atoms with Crippen LogP contribution in [0.5, 0.6) is 0 Å². The zero-order valence-electron chi connectivity index (χ0n) is 9.94. The van der Waals surface area contributed by atoms with Crippen molar-refractivity contribution in [3.63, 3.8) is 0 Å². The first-order valence-corrected chi connectivity index (χ1v) is 5.49. The molecule has 0 saturated heterocycles. The second-order valence-corrected chi connectivity index (χ2v) is 3.86. The van der Waals surface area contributed by atoms with Crippen molar-refractivity contribution in [1.29, 1.82) is 5.26 Å². The van der Waals surface area contributed by atoms with Crippen molar-refractivity contribution >= 4 is 5.82 Å². The molecule has 17 heavy (non-hydrogen) atoms. The van der Waals surface area contributed by atoms with Gasteiger partial charge in [0.2, 0.25) is 0 Å². The van der Waals surface area contributed by atoms with Crippen molar-refractivity contribution in [3.8, 4) is 17.3 Å². The Morgan fingerprint density at radius 3 is 2.47 bits per heavy atom. The smallest absolute Gasteiger partial charge is 0.131 e. The minimum Gasteiger partial charge on any atom is -0.383 e. The fourth-order valence-corrected chi connectivity index (χ4v) is 1.79. The van der Waals surface area contributed by atoms with Gasteiger partial charge in [0.05, 0.1) is 11.6 Å². The molecule has 0 atom stereocenters. The van der Waals surface area contributed by atoms with Crippen LogP contribution in [0.4, 0.5) is 5.82 Å². The van der Waals surface area contributed by atoms with Crippen LogP contribution in [0, 0.1) is 11.3 Å². The van der Waals surface area contributed by atoms with Crippen LogP contribution in [0.15, 0.2) is 24.3 Å². The summed E-state index contributed by atoms with van der Waals surface area (Å²) in [6.45, 7) is 2.05. The van der Waals surface area contributed by atoms with Crippen LogP contribution in [0.2, 0.25) is 0 Å². The van der Waals surface area contributed by atoms with E-state index in [1.165, 1.54) is 0 Å². The molecule has 0 amide bonds. The monoisotopic (exact) mass is 226 g/mol. The van der Waals surface area contributed by atoms with Gasteiger partial charge in [-0.3, -0.25) is 0 Å². The minimum absolute atomic E-state index is 0.638. The first-order chi connectivity index (χ1) is 8.17. The fraction of sp³-hybridized carbons (Fsp3) is 0.231. The molecule has 1 aromatic carbocycles. The third-order valence-corrected chi connectivity index (χ3v) is 2.84. The van der Waals surface area contributed by atoms with Crippen molar-refractivity contribution < 1.29 is 0 Å². The Labute approximate surface area is 100 Å². The van der Waals surface area contributed by atoms with E-state index in [0.717, 1.165) is 23.5 Å². The van der Waals surface area contributed by atoms with Crippen LogP contribution in [-0.4, -0.2) is 9.55 Å². The Hall–Kier alpha value is -2.28. The van der Waals surface area contributed by atoms with Gasteiger partial charge in [-0.2, -0.15) is 5.26 Å². The first-order valence-electron chi connectivity index (χ1n) is 5.49. The number of aromatic nitrogens is 2. The summed E-state index contributed by atoms with van der Waals surface area (Å²) in [5.41, 5.74) is 8.38. The molecule has 0 fully saturated rings. The number of benzene rings is 1. The Bertz CT molecular complexity index is 573. The lowest BCUT2D eigenvalue weighted by Crippen LogP contribution is -2.00. The predicted octanol–water partition coefficient (Wildman–Crippen LogP) is 2.10. The van der Waals surface area contributed by atoms with E-state index in [4.69, 9.17) is 11.0 Å². The summed E-state index contributed by atoms with van der Waals surface area (Å²) >= 11 is 0. The molecular weight excluding hydrogens is 212 g/mol. The molecular formula is C13H14N4. The van der Waals surface area contributed by atoms with Gasteiger partial charge in [0.1, 0.15) is 17.3 Å². The molecule has 2 aromatic rings. The number of nitrogen functional groups attached to an aromatic ring is 1. The van der Waals surface area contributed by atoms with E-state index in [0.29, 0.717) is 11.4 Å². The van der Waals surface area contributed by atoms with E-state index in [2.05, 4.69) is 11.1 Å². The number of anilines is 1. The summed E-state index contributed by atoms with van der Waals surface area (Å²) in [6.07, 6.45) is 0.844. The molecule has 4 heteroatoms. The highest BCUT2D eigenvalue weighted by molar-refractivity contribution is 5.71. The minimum atomic E-state index is 0.638. The third kappa shape index (κ3) is 1.87. The maximum Gasteiger partial charge on any atom is 0.131 e. The van der Waals surface area contributed by atoms with Crippen LogP contribution in [-0.2, 0) is 13.5 Å². The van der Waals surface area contributed by atoms with Gasteiger partial charge in [0.15, 0.2) is 0 Å². The van der Waals surface area contributed by atoms with E-state index in [1.807, 2.05) is 30.7 Å². The second kappa shape index (κ2) is 4.30. The molecule has 0 saturated carbocycles. The van der Waals surface area contributed by atoms with Crippen LogP contribution in [0.25, 0.3) is 11.3 Å². The molecule has 0 radical (unpaired) electrons. The summed E-state index contributed by atoms with van der Waals surface area (Å²) in [7, 11) is 1.91. The molecule has 1 heterocycles. The van der Waals surface area contributed by atoms with Crippen LogP contribution in [0.1, 0.15) is 18.3 Å². The van der Waals surface area contributed by atoms with Gasteiger partial charge in [-0.05, 0) is 12.1 Å². The lowest BCUT2D eigenvalue weighted by Gasteiger charge is -2.00. The zero-order valence-corrected chi connectivity index (χ0v) is 9.94. The molecule has 2 N–H and O–H groups in total. The number of hydrogen-bond acceptors (Lipinski definition) is 3. The summed E-state index contributed by atoms with van der Waals surface area (Å²) in [5, 5.41) is 8.75. The normalized spacial score (nSPS) is 10.2. The average Bonchev–Trinajstić information content (AvgIpc) is 2.66. The second-order valence-electron chi connectivity index (χ2n) is 3.86. The van der Waals surface area contributed by atoms with Crippen molar-refractivity contribution in [2.24, 2.45) is 7.05 Å². The molecule has 86 valence electrons. The maximum atomic E-state index is 8.75. The highest BCUT2D eigenvalue weighted by Gasteiger charge is 2.12. The Morgan fingerprint density at radius 1 is 1.35 bits per heavy atom. The Kier molecular flexibility index (Phi) is 2.84. The number of imidazole rings is 1. The van der Waals surface area contributed by atoms with Gasteiger partial charge in [-0.1, -0.05) is 19.1 Å². The fourth-order valence-electron chi connectivity index (χ4n) is 1.79. The van der Waals surface area contributed by atoms with E-state index >= 15 is 0 Å². The van der Waals surface area contributed by atoms with E-state index in [1.54, 1.807) is 12.1 Å². The third-order valence-electron chi connectivity index (χ3n) is 2.84. The van der Waals surface area contributed by atoms with Gasteiger partial charge in [0, 0.05) is 19.0 Å². The molecule has 0 aliphatic heterocycles. The quantitative estimate of drug-likeness (QED) is 0.852. The number of nitrogens with two attached hydrogens (primary N) is 1. The highest BCUT2D eigenvalue weighted by atomic mass is 15.1. The van der Waals surface area contributed by atoms with E-state index in [-0.39, 0.29) is 0 Å². The van der Waals surface area contributed by atoms with Crippen LogP contribution < -0.4 is 5.73 Å². The summed E-state index contributed by atoms with van der Waals surface area (Å²) in [5.74, 6) is 1.62. The van der Waals surface area contributed by atoms with E-state index in [9.17, 15) is 0 Å². The number of hydrogen-bond donors (Lipinski definition) is 1. The molecule has 4 nitrogen and oxygen atoms in total. The Morgan fingerprint density at radius 2 is 2.00 bits per heavy atom. The lowest BCUT2D eigenvalue weighted by molar-refractivity contribution is 0.816. The molecule has 0 bridgehead atoms. The molecule has 0 unspecified atom stereocenters. The van der Waals surface area contributed by atoms with Crippen LogP contribution >= 0.6 is 0 Å². The van der Waals surface area contributed by atoms with Gasteiger partial charge < -0.3 is 10.3 Å². The van der Waals surface area contributed by atoms with Crippen molar-refractivity contribution in [3.05, 3.63) is 35.7 Å². The van der Waals surface area contributed by atoms with Crippen LogP contribution in [0.3, 0.4) is 0 Å². The zero-order chi connectivity index (χ0) is 12.4. The van der Waals surface area contributed by atoms with Crippen molar-refractivity contribution in [2.45, 2.75) is 13.3 Å². The molecule has 0 aliphatic carbocycles. The summed E-state index contributed by atoms with van der Waals surface area (Å²) in [6, 6.07) is 9.38. The molecule has 1 aromatic heterocycles. The van der Waals surface area contributed by atoms with E-state index < -0.39 is 0 Å². The molecule has 0 aliphatic rings. The van der Waals surface area contributed by atoms with Gasteiger partial charge in [-0.25, -0.2) is 4.98 Å². The molecule has 2 rings (SSSR count). The first kappa shape index (κ1) is 11.2. The van der Waals surface area contributed by atoms with Gasteiger partial charge in [0.25, 0.3) is 0 Å². The maximum absolute atomic E-state index is 8.75. The summed E-state index contributed by atoms with van der Waals surface area (Å²) < 4.78 is 1.90. The topological polar surface area (TPSA) is 67.6 Å². The van der Waals surface area contributed by atoms with Gasteiger partial charge in [-0.15, -0.1) is 0 Å². The Balaban J connectivity index is 2.49. The van der Waals surface area contributed by atoms with Crippen molar-refractivity contribution in [1.82, 2.24) is 9.55 Å². The number of nitrogens with zero attached hydrogens (tertiary/aromatic N) is 3. The summed E-state index contributed by atoms with van der Waals surface area (Å²) in [4.78, 5) is 4.51. The largest absolute Gasteiger partial charge is 0.383 e. The van der Waals surface area contributed by atoms with Gasteiger partial charge >= 0.3 is 0 Å². The lowest BCUT2D eigenvalue weighted by atomic mass is 10.1. The standard InChI is InChI=1S/C13H14N4/c1-3-11-16-12(13(15)17(11)2)10-6-4-9(8-14)5-7-10/h4-7H,3,15H2,1-2H3. The number of rotatable bonds is 2. The predicted molar refractivity (Wildman–Crippen MR) is 67.1 cm³/mol. The highest BCUT2D eigenvalue weighted by Crippen LogP contribution is 2.25. The SMILES string of the molecule is CCc1nc(-c2ccc(C#N)cc2)c(N)n1C.